The Morgan fingerprint density at radius 3 is 2.21 bits per heavy atom. The molecule has 0 aliphatic carbocycles. The first-order chi connectivity index (χ1) is 16.2. The lowest BCUT2D eigenvalue weighted by atomic mass is 10.2. The van der Waals surface area contributed by atoms with Gasteiger partial charge in [-0.3, -0.25) is 24.9 Å². The van der Waals surface area contributed by atoms with Crippen molar-refractivity contribution in [1.29, 1.82) is 0 Å². The molecule has 12 heteroatoms. The summed E-state index contributed by atoms with van der Waals surface area (Å²) in [5.74, 6) is -0.474. The van der Waals surface area contributed by atoms with Gasteiger partial charge < -0.3 is 4.42 Å². The van der Waals surface area contributed by atoms with Crippen molar-refractivity contribution in [3.63, 3.8) is 0 Å². The summed E-state index contributed by atoms with van der Waals surface area (Å²) < 4.78 is 32.8. The van der Waals surface area contributed by atoms with Crippen LogP contribution in [0.3, 0.4) is 0 Å². The Hall–Kier alpha value is -4.58. The van der Waals surface area contributed by atoms with E-state index in [9.17, 15) is 23.3 Å². The summed E-state index contributed by atoms with van der Waals surface area (Å²) in [6.07, 6.45) is 0. The molecule has 11 nitrogen and oxygen atoms in total. The number of amides is 1. The molecule has 3 aromatic carbocycles. The van der Waals surface area contributed by atoms with E-state index in [0.29, 0.717) is 5.56 Å². The lowest BCUT2D eigenvalue weighted by Gasteiger charge is -2.09. The van der Waals surface area contributed by atoms with Crippen LogP contribution in [0.2, 0.25) is 0 Å². The van der Waals surface area contributed by atoms with Gasteiger partial charge >= 0.3 is 6.01 Å². The quantitative estimate of drug-likeness (QED) is 0.297. The van der Waals surface area contributed by atoms with Crippen LogP contribution in [-0.4, -0.2) is 29.4 Å². The van der Waals surface area contributed by atoms with Crippen molar-refractivity contribution in [1.82, 2.24) is 10.2 Å². The van der Waals surface area contributed by atoms with Crippen molar-refractivity contribution in [3.8, 4) is 11.5 Å². The van der Waals surface area contributed by atoms with Crippen LogP contribution in [0, 0.1) is 17.0 Å². The number of nitro groups is 1. The van der Waals surface area contributed by atoms with E-state index >= 15 is 0 Å². The Kier molecular flexibility index (Phi) is 6.06. The molecule has 0 radical (unpaired) electrons. The molecule has 0 bridgehead atoms. The van der Waals surface area contributed by atoms with Crippen molar-refractivity contribution in [2.75, 3.05) is 10.0 Å². The predicted molar refractivity (Wildman–Crippen MR) is 123 cm³/mol. The summed E-state index contributed by atoms with van der Waals surface area (Å²) in [5.41, 5.74) is 1.82. The van der Waals surface area contributed by atoms with Gasteiger partial charge in [0.2, 0.25) is 5.89 Å². The molecule has 0 saturated heterocycles. The number of sulfonamides is 1. The number of nitrogens with zero attached hydrogens (tertiary/aromatic N) is 3. The van der Waals surface area contributed by atoms with E-state index < -0.39 is 20.9 Å². The van der Waals surface area contributed by atoms with E-state index in [0.717, 1.165) is 5.56 Å². The van der Waals surface area contributed by atoms with Gasteiger partial charge in [0, 0.05) is 28.9 Å². The highest BCUT2D eigenvalue weighted by Gasteiger charge is 2.16. The van der Waals surface area contributed by atoms with Crippen molar-refractivity contribution in [3.05, 3.63) is 94.0 Å². The summed E-state index contributed by atoms with van der Waals surface area (Å²) in [6, 6.07) is 17.5. The number of non-ortho nitro benzene ring substituents is 1. The number of nitro benzene ring substituents is 1. The summed E-state index contributed by atoms with van der Waals surface area (Å²) in [7, 11) is -3.76. The van der Waals surface area contributed by atoms with Gasteiger partial charge in [0.15, 0.2) is 0 Å². The Bertz CT molecular complexity index is 1450. The Balaban J connectivity index is 1.41. The molecule has 4 rings (SSSR count). The van der Waals surface area contributed by atoms with E-state index in [1.165, 1.54) is 60.7 Å². The molecule has 34 heavy (non-hydrogen) atoms. The lowest BCUT2D eigenvalue weighted by molar-refractivity contribution is -0.384. The van der Waals surface area contributed by atoms with Gasteiger partial charge in [0.25, 0.3) is 21.6 Å². The summed E-state index contributed by atoms with van der Waals surface area (Å²) in [5, 5.41) is 20.8. The average Bonchev–Trinajstić information content (AvgIpc) is 3.28. The monoisotopic (exact) mass is 479 g/mol. The molecule has 0 saturated carbocycles. The van der Waals surface area contributed by atoms with Crippen molar-refractivity contribution >= 4 is 33.3 Å². The zero-order valence-electron chi connectivity index (χ0n) is 17.6. The smallest absolute Gasteiger partial charge is 0.322 e. The van der Waals surface area contributed by atoms with Crippen LogP contribution in [0.1, 0.15) is 15.9 Å². The average molecular weight is 479 g/mol. The number of carbonyl (C=O) groups is 1. The number of hydrogen-bond donors (Lipinski definition) is 2. The van der Waals surface area contributed by atoms with Gasteiger partial charge in [-0.25, -0.2) is 8.42 Å². The molecule has 0 spiro atoms. The van der Waals surface area contributed by atoms with Crippen LogP contribution in [0.5, 0.6) is 0 Å². The minimum atomic E-state index is -3.76. The molecule has 1 aromatic heterocycles. The molecule has 0 atom stereocenters. The zero-order chi connectivity index (χ0) is 24.3. The number of aryl methyl sites for hydroxylation is 1. The van der Waals surface area contributed by atoms with Crippen LogP contribution in [0.4, 0.5) is 17.4 Å². The molecular formula is C22H17N5O6S. The van der Waals surface area contributed by atoms with Crippen LogP contribution in [0.15, 0.2) is 82.1 Å². The fraction of sp³-hybridized carbons (Fsp3) is 0.0455. The Morgan fingerprint density at radius 2 is 1.59 bits per heavy atom. The van der Waals surface area contributed by atoms with E-state index in [1.54, 1.807) is 12.1 Å². The summed E-state index contributed by atoms with van der Waals surface area (Å²) in [4.78, 5) is 22.8. The van der Waals surface area contributed by atoms with Crippen LogP contribution < -0.4 is 10.0 Å². The number of benzene rings is 3. The third kappa shape index (κ3) is 5.07. The van der Waals surface area contributed by atoms with Crippen LogP contribution >= 0.6 is 0 Å². The van der Waals surface area contributed by atoms with Gasteiger partial charge in [-0.05, 0) is 55.5 Å². The first-order valence-corrected chi connectivity index (χ1v) is 11.3. The number of anilines is 2. The molecule has 0 unspecified atom stereocenters. The highest BCUT2D eigenvalue weighted by Crippen LogP contribution is 2.23. The van der Waals surface area contributed by atoms with E-state index in [4.69, 9.17) is 4.42 Å². The molecule has 172 valence electrons. The van der Waals surface area contributed by atoms with Gasteiger partial charge in [-0.1, -0.05) is 22.8 Å². The zero-order valence-corrected chi connectivity index (χ0v) is 18.4. The predicted octanol–water partition coefficient (Wildman–Crippen LogP) is 4.01. The molecule has 1 heterocycles. The minimum Gasteiger partial charge on any atom is -0.403 e. The third-order valence-corrected chi connectivity index (χ3v) is 6.10. The van der Waals surface area contributed by atoms with Gasteiger partial charge in [-0.2, -0.15) is 0 Å². The van der Waals surface area contributed by atoms with Crippen LogP contribution in [-0.2, 0) is 10.0 Å². The highest BCUT2D eigenvalue weighted by atomic mass is 32.2. The highest BCUT2D eigenvalue weighted by molar-refractivity contribution is 7.92. The number of aromatic nitrogens is 2. The fourth-order valence-corrected chi connectivity index (χ4v) is 3.97. The van der Waals surface area contributed by atoms with Crippen molar-refractivity contribution < 1.29 is 22.6 Å². The third-order valence-electron chi connectivity index (χ3n) is 4.70. The van der Waals surface area contributed by atoms with E-state index in [-0.39, 0.29) is 33.7 Å². The van der Waals surface area contributed by atoms with E-state index in [2.05, 4.69) is 20.2 Å². The maximum atomic E-state index is 12.5. The number of rotatable bonds is 7. The van der Waals surface area contributed by atoms with Crippen LogP contribution in [0.25, 0.3) is 11.5 Å². The maximum absolute atomic E-state index is 12.5. The summed E-state index contributed by atoms with van der Waals surface area (Å²) in [6.45, 7) is 1.86. The standard InChI is InChI=1S/C22H17N5O6S/c1-14-2-12-19(13-3-14)34(31,32)26-17-8-4-15(5-9-17)20(28)23-22-25-24-21(33-22)16-6-10-18(11-7-16)27(29)30/h2-13,26H,1H3,(H,23,25,28). The van der Waals surface area contributed by atoms with E-state index in [1.807, 2.05) is 6.92 Å². The number of carbonyl (C=O) groups excluding carboxylic acids is 1. The lowest BCUT2D eigenvalue weighted by Crippen LogP contribution is -2.14. The molecule has 1 amide bonds. The topological polar surface area (TPSA) is 157 Å². The second-order valence-electron chi connectivity index (χ2n) is 7.17. The molecule has 4 aromatic rings. The van der Waals surface area contributed by atoms with Crippen molar-refractivity contribution in [2.24, 2.45) is 0 Å². The molecule has 0 aliphatic heterocycles. The number of hydrogen-bond acceptors (Lipinski definition) is 8. The van der Waals surface area contributed by atoms with Gasteiger partial charge in [0.1, 0.15) is 0 Å². The Morgan fingerprint density at radius 1 is 0.941 bits per heavy atom. The second-order valence-corrected chi connectivity index (χ2v) is 8.85. The van der Waals surface area contributed by atoms with Gasteiger partial charge in [0.05, 0.1) is 9.82 Å². The molecule has 2 N–H and O–H groups in total. The second kappa shape index (κ2) is 9.11. The van der Waals surface area contributed by atoms with Crippen molar-refractivity contribution in [2.45, 2.75) is 11.8 Å². The molecule has 0 fully saturated rings. The van der Waals surface area contributed by atoms with Gasteiger partial charge in [-0.15, -0.1) is 5.10 Å². The minimum absolute atomic E-state index is 0.0751. The Labute approximate surface area is 193 Å². The molecule has 0 aliphatic rings. The first-order valence-electron chi connectivity index (χ1n) is 9.80. The first kappa shape index (κ1) is 22.6. The maximum Gasteiger partial charge on any atom is 0.322 e. The largest absolute Gasteiger partial charge is 0.403 e. The number of nitrogens with one attached hydrogen (secondary N) is 2. The normalized spacial score (nSPS) is 11.1. The SMILES string of the molecule is Cc1ccc(S(=O)(=O)Nc2ccc(C(=O)Nc3nnc(-c4ccc([N+](=O)[O-])cc4)o3)cc2)cc1. The molecular weight excluding hydrogens is 462 g/mol. The fourth-order valence-electron chi connectivity index (χ4n) is 2.91. The summed E-state index contributed by atoms with van der Waals surface area (Å²) >= 11 is 0.